The molecule has 0 atom stereocenters. The van der Waals surface area contributed by atoms with E-state index in [2.05, 4.69) is 5.32 Å². The van der Waals surface area contributed by atoms with Crippen LogP contribution >= 0.6 is 0 Å². The average Bonchev–Trinajstić information content (AvgIpc) is 3.02. The Kier molecular flexibility index (Phi) is 4.81. The van der Waals surface area contributed by atoms with Gasteiger partial charge in [-0.2, -0.15) is 0 Å². The zero-order valence-corrected chi connectivity index (χ0v) is 17.2. The summed E-state index contributed by atoms with van der Waals surface area (Å²) in [5, 5.41) is 3.50. The molecule has 0 spiro atoms. The maximum absolute atomic E-state index is 13.6. The Hall–Kier alpha value is -3.61. The van der Waals surface area contributed by atoms with Crippen molar-refractivity contribution in [2.24, 2.45) is 0 Å². The van der Waals surface area contributed by atoms with Crippen LogP contribution in [0.5, 0.6) is 11.5 Å². The number of nitrogens with one attached hydrogen (secondary N) is 1. The first-order chi connectivity index (χ1) is 14.4. The van der Waals surface area contributed by atoms with E-state index in [0.717, 1.165) is 0 Å². The number of carbonyl (C=O) groups excluding carboxylic acids is 2. The molecule has 7 nitrogen and oxygen atoms in total. The van der Waals surface area contributed by atoms with Crippen LogP contribution in [0.15, 0.2) is 41.2 Å². The number of hydrogen-bond donors (Lipinski definition) is 1. The number of rotatable bonds is 5. The summed E-state index contributed by atoms with van der Waals surface area (Å²) < 4.78 is 12.2. The SMILES string of the molecule is COc1ccc2c3c(n(CC(=O)NC(C)C)c(=O)c2c1OC)-c1ccccc1C3=O. The fourth-order valence-corrected chi connectivity index (χ4v) is 4.04. The number of hydrogen-bond acceptors (Lipinski definition) is 5. The fourth-order valence-electron chi connectivity index (χ4n) is 4.04. The van der Waals surface area contributed by atoms with Crippen molar-refractivity contribution in [3.8, 4) is 22.8 Å². The van der Waals surface area contributed by atoms with E-state index in [1.165, 1.54) is 18.8 Å². The van der Waals surface area contributed by atoms with Gasteiger partial charge in [0.25, 0.3) is 5.56 Å². The number of benzene rings is 2. The molecule has 154 valence electrons. The molecule has 1 N–H and O–H groups in total. The summed E-state index contributed by atoms with van der Waals surface area (Å²) in [5.74, 6) is 0.121. The van der Waals surface area contributed by atoms with Crippen molar-refractivity contribution in [2.45, 2.75) is 26.4 Å². The van der Waals surface area contributed by atoms with Crippen LogP contribution in [0.4, 0.5) is 0 Å². The molecule has 1 aliphatic carbocycles. The number of pyridine rings is 1. The maximum atomic E-state index is 13.6. The number of fused-ring (bicyclic) bond motifs is 5. The smallest absolute Gasteiger partial charge is 0.263 e. The van der Waals surface area contributed by atoms with Gasteiger partial charge in [0.15, 0.2) is 17.3 Å². The molecule has 0 radical (unpaired) electrons. The van der Waals surface area contributed by atoms with Crippen LogP contribution in [0.2, 0.25) is 0 Å². The highest BCUT2D eigenvalue weighted by Gasteiger charge is 2.34. The van der Waals surface area contributed by atoms with Gasteiger partial charge in [-0.3, -0.25) is 19.0 Å². The Morgan fingerprint density at radius 2 is 1.73 bits per heavy atom. The zero-order valence-electron chi connectivity index (χ0n) is 17.2. The van der Waals surface area contributed by atoms with Gasteiger partial charge in [-0.05, 0) is 26.0 Å². The van der Waals surface area contributed by atoms with E-state index in [1.54, 1.807) is 30.3 Å². The van der Waals surface area contributed by atoms with Crippen LogP contribution in [-0.2, 0) is 11.3 Å². The van der Waals surface area contributed by atoms with E-state index >= 15 is 0 Å². The summed E-state index contributed by atoms with van der Waals surface area (Å²) >= 11 is 0. The second kappa shape index (κ2) is 7.33. The van der Waals surface area contributed by atoms with Gasteiger partial charge in [0.1, 0.15) is 6.54 Å². The van der Waals surface area contributed by atoms with Gasteiger partial charge < -0.3 is 14.8 Å². The number of ketones is 1. The van der Waals surface area contributed by atoms with Gasteiger partial charge in [0.2, 0.25) is 5.91 Å². The van der Waals surface area contributed by atoms with Crippen LogP contribution in [-0.4, -0.2) is 36.5 Å². The monoisotopic (exact) mass is 406 g/mol. The normalized spacial score (nSPS) is 12.1. The number of amides is 1. The van der Waals surface area contributed by atoms with E-state index in [1.807, 2.05) is 19.9 Å². The molecule has 1 aromatic heterocycles. The van der Waals surface area contributed by atoms with Crippen molar-refractivity contribution in [3.63, 3.8) is 0 Å². The zero-order chi connectivity index (χ0) is 21.6. The third kappa shape index (κ3) is 2.85. The molecule has 1 amide bonds. The molecule has 7 heteroatoms. The fraction of sp³-hybridized carbons (Fsp3) is 0.261. The third-order valence-electron chi connectivity index (χ3n) is 5.19. The number of aromatic nitrogens is 1. The minimum absolute atomic E-state index is 0.0785. The Balaban J connectivity index is 2.12. The second-order valence-electron chi connectivity index (χ2n) is 7.44. The van der Waals surface area contributed by atoms with Crippen LogP contribution in [0.1, 0.15) is 29.8 Å². The van der Waals surface area contributed by atoms with Gasteiger partial charge in [-0.15, -0.1) is 0 Å². The first-order valence-electron chi connectivity index (χ1n) is 9.64. The number of carbonyl (C=O) groups is 2. The quantitative estimate of drug-likeness (QED) is 0.551. The molecule has 4 rings (SSSR count). The molecule has 0 aliphatic heterocycles. The largest absolute Gasteiger partial charge is 0.493 e. The number of methoxy groups -OCH3 is 2. The summed E-state index contributed by atoms with van der Waals surface area (Å²) in [6.07, 6.45) is 0. The maximum Gasteiger partial charge on any atom is 0.263 e. The van der Waals surface area contributed by atoms with Crippen molar-refractivity contribution >= 4 is 22.5 Å². The lowest BCUT2D eigenvalue weighted by Gasteiger charge is -2.18. The summed E-state index contributed by atoms with van der Waals surface area (Å²) in [6.45, 7) is 3.48. The Morgan fingerprint density at radius 1 is 1.03 bits per heavy atom. The van der Waals surface area contributed by atoms with Crippen molar-refractivity contribution in [1.82, 2.24) is 9.88 Å². The topological polar surface area (TPSA) is 86.6 Å². The minimum Gasteiger partial charge on any atom is -0.493 e. The van der Waals surface area contributed by atoms with Gasteiger partial charge in [0.05, 0.1) is 30.9 Å². The van der Waals surface area contributed by atoms with Crippen LogP contribution in [0.3, 0.4) is 0 Å². The Morgan fingerprint density at radius 3 is 2.37 bits per heavy atom. The lowest BCUT2D eigenvalue weighted by molar-refractivity contribution is -0.122. The molecule has 0 saturated heterocycles. The summed E-state index contributed by atoms with van der Waals surface area (Å²) in [7, 11) is 2.92. The summed E-state index contributed by atoms with van der Waals surface area (Å²) in [5.41, 5.74) is 1.59. The van der Waals surface area contributed by atoms with E-state index in [9.17, 15) is 14.4 Å². The Bertz CT molecular complexity index is 1260. The van der Waals surface area contributed by atoms with E-state index < -0.39 is 5.56 Å². The summed E-state index contributed by atoms with van der Waals surface area (Å²) in [6, 6.07) is 10.4. The van der Waals surface area contributed by atoms with Crippen molar-refractivity contribution < 1.29 is 19.1 Å². The molecule has 0 bridgehead atoms. The van der Waals surface area contributed by atoms with Crippen LogP contribution < -0.4 is 20.3 Å². The third-order valence-corrected chi connectivity index (χ3v) is 5.19. The van der Waals surface area contributed by atoms with E-state index in [4.69, 9.17) is 9.47 Å². The van der Waals surface area contributed by atoms with Crippen molar-refractivity contribution in [3.05, 3.63) is 57.9 Å². The first-order valence-corrected chi connectivity index (χ1v) is 9.64. The molecule has 1 aliphatic rings. The standard InChI is InChI=1S/C23H22N2O5/c1-12(2)24-17(26)11-25-20-13-7-5-6-8-14(13)21(27)18(20)15-9-10-16(29-3)22(30-4)19(15)23(25)28/h5-10,12H,11H2,1-4H3,(H,24,26). The second-order valence-corrected chi connectivity index (χ2v) is 7.44. The van der Waals surface area contributed by atoms with Gasteiger partial charge >= 0.3 is 0 Å². The van der Waals surface area contributed by atoms with Crippen molar-refractivity contribution in [2.75, 3.05) is 14.2 Å². The molecule has 30 heavy (non-hydrogen) atoms. The van der Waals surface area contributed by atoms with Crippen molar-refractivity contribution in [1.29, 1.82) is 0 Å². The predicted molar refractivity (Wildman–Crippen MR) is 113 cm³/mol. The molecular weight excluding hydrogens is 384 g/mol. The van der Waals surface area contributed by atoms with Crippen LogP contribution in [0.25, 0.3) is 22.0 Å². The lowest BCUT2D eigenvalue weighted by Crippen LogP contribution is -2.36. The minimum atomic E-state index is -0.414. The lowest BCUT2D eigenvalue weighted by atomic mass is 10.0. The molecule has 1 heterocycles. The van der Waals surface area contributed by atoms with E-state index in [0.29, 0.717) is 33.5 Å². The number of ether oxygens (including phenoxy) is 2. The van der Waals surface area contributed by atoms with Gasteiger partial charge in [-0.1, -0.05) is 24.3 Å². The number of nitrogens with zero attached hydrogens (tertiary/aromatic N) is 1. The highest BCUT2D eigenvalue weighted by Crippen LogP contribution is 2.42. The molecule has 3 aromatic rings. The molecule has 2 aromatic carbocycles. The molecule has 0 saturated carbocycles. The average molecular weight is 406 g/mol. The Labute approximate surface area is 173 Å². The molecular formula is C23H22N2O5. The highest BCUT2D eigenvalue weighted by molar-refractivity contribution is 6.27. The molecule has 0 fully saturated rings. The highest BCUT2D eigenvalue weighted by atomic mass is 16.5. The first kappa shape index (κ1) is 19.7. The summed E-state index contributed by atoms with van der Waals surface area (Å²) in [4.78, 5) is 39.5. The molecule has 0 unspecified atom stereocenters. The van der Waals surface area contributed by atoms with Gasteiger partial charge in [-0.25, -0.2) is 0 Å². The van der Waals surface area contributed by atoms with Gasteiger partial charge in [0, 0.05) is 22.6 Å². The van der Waals surface area contributed by atoms with E-state index in [-0.39, 0.29) is 35.4 Å². The predicted octanol–water partition coefficient (Wildman–Crippen LogP) is 2.75. The van der Waals surface area contributed by atoms with Crippen LogP contribution in [0, 0.1) is 0 Å².